The number of amides is 1. The highest BCUT2D eigenvalue weighted by atomic mass is 16.5. The number of likely N-dealkylation sites (tertiary alicyclic amines) is 2. The van der Waals surface area contributed by atoms with Crippen LogP contribution in [0.2, 0.25) is 0 Å². The number of piperidine rings is 2. The summed E-state index contributed by atoms with van der Waals surface area (Å²) in [6.45, 7) is 5.65. The lowest BCUT2D eigenvalue weighted by Gasteiger charge is -2.52. The minimum absolute atomic E-state index is 0.0234. The minimum Gasteiger partial charge on any atom is -0.396 e. The fourth-order valence-electron chi connectivity index (χ4n) is 5.12. The highest BCUT2D eigenvalue weighted by Crippen LogP contribution is 2.45. The van der Waals surface area contributed by atoms with Crippen LogP contribution in [-0.2, 0) is 16.1 Å². The number of aliphatic hydroxyl groups excluding tert-OH is 1. The second kappa shape index (κ2) is 8.20. The number of hydrogen-bond acceptors (Lipinski definition) is 7. The number of carbonyl (C=O) groups excluding carboxylic acids is 1. The Labute approximate surface area is 159 Å². The summed E-state index contributed by atoms with van der Waals surface area (Å²) >= 11 is 0. The Morgan fingerprint density at radius 3 is 2.59 bits per heavy atom. The van der Waals surface area contributed by atoms with Crippen LogP contribution in [0, 0.1) is 11.3 Å². The number of aliphatic hydroxyl groups is 1. The van der Waals surface area contributed by atoms with Gasteiger partial charge in [-0.05, 0) is 61.0 Å². The van der Waals surface area contributed by atoms with Crippen LogP contribution in [0.25, 0.3) is 0 Å². The van der Waals surface area contributed by atoms with Crippen LogP contribution in [0.1, 0.15) is 32.1 Å². The zero-order chi connectivity index (χ0) is 18.7. The van der Waals surface area contributed by atoms with E-state index in [0.717, 1.165) is 65.0 Å². The van der Waals surface area contributed by atoms with E-state index in [0.29, 0.717) is 12.6 Å². The van der Waals surface area contributed by atoms with Crippen molar-refractivity contribution in [3.05, 3.63) is 6.33 Å². The molecule has 3 aliphatic rings. The molecule has 0 saturated carbocycles. The maximum absolute atomic E-state index is 12.6. The highest BCUT2D eigenvalue weighted by molar-refractivity contribution is 5.76. The first-order valence-electron chi connectivity index (χ1n) is 10.1. The molecule has 27 heavy (non-hydrogen) atoms. The number of ether oxygens (including phenoxy) is 1. The molecule has 3 saturated heterocycles. The largest absolute Gasteiger partial charge is 0.396 e. The van der Waals surface area contributed by atoms with Crippen molar-refractivity contribution in [2.75, 3.05) is 46.0 Å². The second-order valence-electron chi connectivity index (χ2n) is 8.22. The van der Waals surface area contributed by atoms with Gasteiger partial charge in [-0.2, -0.15) is 0 Å². The number of rotatable bonds is 4. The van der Waals surface area contributed by atoms with Gasteiger partial charge in [0.15, 0.2) is 0 Å². The lowest BCUT2D eigenvalue weighted by molar-refractivity contribution is -0.139. The van der Waals surface area contributed by atoms with Crippen molar-refractivity contribution in [3.63, 3.8) is 0 Å². The third kappa shape index (κ3) is 4.00. The molecule has 0 bridgehead atoms. The predicted octanol–water partition coefficient (Wildman–Crippen LogP) is -0.225. The summed E-state index contributed by atoms with van der Waals surface area (Å²) in [5.41, 5.74) is 0.169. The molecule has 4 rings (SSSR count). The Kier molecular flexibility index (Phi) is 5.70. The molecular weight excluding hydrogens is 348 g/mol. The van der Waals surface area contributed by atoms with Crippen molar-refractivity contribution in [3.8, 4) is 0 Å². The molecule has 3 aliphatic heterocycles. The lowest BCUT2D eigenvalue weighted by Crippen LogP contribution is -2.56. The standard InChI is InChI=1S/C18H30N6O3/c25-13-15-11-23(17(26)12-24-14-19-20-21-24)8-5-18(15)3-6-22(7-4-18)16-1-9-27-10-2-16/h14-16,25H,1-13H2/t15-/m0/s1. The van der Waals surface area contributed by atoms with Gasteiger partial charge >= 0.3 is 0 Å². The maximum Gasteiger partial charge on any atom is 0.244 e. The Bertz CT molecular complexity index is 611. The van der Waals surface area contributed by atoms with E-state index in [-0.39, 0.29) is 30.4 Å². The van der Waals surface area contributed by atoms with E-state index in [4.69, 9.17) is 4.74 Å². The lowest BCUT2D eigenvalue weighted by atomic mass is 9.64. The number of carbonyl (C=O) groups is 1. The molecule has 1 amide bonds. The van der Waals surface area contributed by atoms with Crippen LogP contribution >= 0.6 is 0 Å². The van der Waals surface area contributed by atoms with Crippen LogP contribution < -0.4 is 0 Å². The van der Waals surface area contributed by atoms with Crippen LogP contribution in [0.15, 0.2) is 6.33 Å². The Balaban J connectivity index is 1.34. The molecule has 1 aromatic heterocycles. The van der Waals surface area contributed by atoms with E-state index in [9.17, 15) is 9.90 Å². The van der Waals surface area contributed by atoms with Gasteiger partial charge in [0.25, 0.3) is 0 Å². The van der Waals surface area contributed by atoms with Gasteiger partial charge < -0.3 is 19.6 Å². The van der Waals surface area contributed by atoms with Gasteiger partial charge in [-0.3, -0.25) is 4.79 Å². The second-order valence-corrected chi connectivity index (χ2v) is 8.22. The molecule has 0 radical (unpaired) electrons. The number of aromatic nitrogens is 4. The molecular formula is C18H30N6O3. The molecule has 1 aromatic rings. The normalized spacial score (nSPS) is 27.1. The van der Waals surface area contributed by atoms with E-state index in [1.807, 2.05) is 4.90 Å². The molecule has 1 atom stereocenters. The summed E-state index contributed by atoms with van der Waals surface area (Å²) in [6.07, 6.45) is 6.93. The monoisotopic (exact) mass is 378 g/mol. The molecule has 1 spiro atoms. The van der Waals surface area contributed by atoms with Crippen molar-refractivity contribution in [1.82, 2.24) is 30.0 Å². The highest BCUT2D eigenvalue weighted by Gasteiger charge is 2.46. The van der Waals surface area contributed by atoms with Gasteiger partial charge in [0, 0.05) is 44.9 Å². The first-order valence-corrected chi connectivity index (χ1v) is 10.1. The average Bonchev–Trinajstić information content (AvgIpc) is 3.22. The van der Waals surface area contributed by atoms with E-state index in [2.05, 4.69) is 20.4 Å². The predicted molar refractivity (Wildman–Crippen MR) is 96.7 cm³/mol. The van der Waals surface area contributed by atoms with Gasteiger partial charge in [0.2, 0.25) is 5.91 Å². The van der Waals surface area contributed by atoms with Crippen molar-refractivity contribution in [2.24, 2.45) is 11.3 Å². The fraction of sp³-hybridized carbons (Fsp3) is 0.889. The summed E-state index contributed by atoms with van der Waals surface area (Å²) in [4.78, 5) is 17.1. The van der Waals surface area contributed by atoms with Crippen molar-refractivity contribution >= 4 is 5.91 Å². The molecule has 0 aromatic carbocycles. The first-order chi connectivity index (χ1) is 13.2. The molecule has 1 N–H and O–H groups in total. The van der Waals surface area contributed by atoms with Crippen LogP contribution in [0.3, 0.4) is 0 Å². The third-order valence-electron chi connectivity index (χ3n) is 6.95. The van der Waals surface area contributed by atoms with E-state index < -0.39 is 0 Å². The number of hydrogen-bond donors (Lipinski definition) is 1. The SMILES string of the molecule is O=C(Cn1cnnn1)N1CCC2(CCN(C3CCOCC3)CC2)[C@H](CO)C1. The first kappa shape index (κ1) is 18.8. The van der Waals surface area contributed by atoms with E-state index in [1.54, 1.807) is 0 Å². The molecule has 0 unspecified atom stereocenters. The van der Waals surface area contributed by atoms with Gasteiger partial charge in [-0.15, -0.1) is 5.10 Å². The van der Waals surface area contributed by atoms with Crippen molar-refractivity contribution < 1.29 is 14.6 Å². The Morgan fingerprint density at radius 1 is 1.19 bits per heavy atom. The maximum atomic E-state index is 12.6. The van der Waals surface area contributed by atoms with E-state index in [1.165, 1.54) is 11.0 Å². The summed E-state index contributed by atoms with van der Waals surface area (Å²) in [7, 11) is 0. The van der Waals surface area contributed by atoms with Gasteiger partial charge in [0.05, 0.1) is 0 Å². The van der Waals surface area contributed by atoms with Crippen molar-refractivity contribution in [1.29, 1.82) is 0 Å². The van der Waals surface area contributed by atoms with Gasteiger partial charge in [-0.1, -0.05) is 0 Å². The summed E-state index contributed by atoms with van der Waals surface area (Å²) in [5, 5.41) is 21.0. The molecule has 9 heteroatoms. The fourth-order valence-corrected chi connectivity index (χ4v) is 5.12. The third-order valence-corrected chi connectivity index (χ3v) is 6.95. The van der Waals surface area contributed by atoms with Crippen molar-refractivity contribution in [2.45, 2.75) is 44.7 Å². The van der Waals surface area contributed by atoms with E-state index >= 15 is 0 Å². The summed E-state index contributed by atoms with van der Waals surface area (Å²) < 4.78 is 6.95. The molecule has 4 heterocycles. The summed E-state index contributed by atoms with van der Waals surface area (Å²) in [5.74, 6) is 0.177. The molecule has 0 aliphatic carbocycles. The smallest absolute Gasteiger partial charge is 0.244 e. The quantitative estimate of drug-likeness (QED) is 0.773. The zero-order valence-corrected chi connectivity index (χ0v) is 15.9. The van der Waals surface area contributed by atoms with Gasteiger partial charge in [-0.25, -0.2) is 4.68 Å². The zero-order valence-electron chi connectivity index (χ0n) is 15.9. The average molecular weight is 378 g/mol. The van der Waals surface area contributed by atoms with Crippen LogP contribution in [0.4, 0.5) is 0 Å². The van der Waals surface area contributed by atoms with Crippen LogP contribution in [0.5, 0.6) is 0 Å². The minimum atomic E-state index is 0.0234. The summed E-state index contributed by atoms with van der Waals surface area (Å²) in [6, 6.07) is 0.654. The topological polar surface area (TPSA) is 96.6 Å². The van der Waals surface area contributed by atoms with Gasteiger partial charge in [0.1, 0.15) is 12.9 Å². The molecule has 150 valence electrons. The number of tetrazole rings is 1. The molecule has 3 fully saturated rings. The molecule has 9 nitrogen and oxygen atoms in total. The van der Waals surface area contributed by atoms with Crippen LogP contribution in [-0.4, -0.2) is 93.1 Å². The Morgan fingerprint density at radius 2 is 1.93 bits per heavy atom. The number of nitrogens with zero attached hydrogens (tertiary/aromatic N) is 6. The Hall–Kier alpha value is -1.58.